The number of hydrogen-bond donors (Lipinski definition) is 2. The van der Waals surface area contributed by atoms with Gasteiger partial charge in [0.2, 0.25) is 5.91 Å². The van der Waals surface area contributed by atoms with Crippen molar-refractivity contribution in [2.75, 3.05) is 17.3 Å². The molecule has 1 aromatic rings. The monoisotopic (exact) mass is 342 g/mol. The zero-order valence-corrected chi connectivity index (χ0v) is 13.1. The lowest BCUT2D eigenvalue weighted by molar-refractivity contribution is -0.127. The van der Waals surface area contributed by atoms with E-state index in [0.29, 0.717) is 12.1 Å². The number of anilines is 1. The third-order valence-corrected chi connectivity index (χ3v) is 3.21. The predicted molar refractivity (Wildman–Crippen MR) is 83.1 cm³/mol. The van der Waals surface area contributed by atoms with Gasteiger partial charge in [-0.15, -0.1) is 12.4 Å². The minimum Gasteiger partial charge on any atom is -0.325 e. The molecular formula is C13H18ClF3N2OS. The largest absolute Gasteiger partial charge is 0.393 e. The number of carbonyl (C=O) groups excluding carboxylic acids is 1. The van der Waals surface area contributed by atoms with Gasteiger partial charge in [0.1, 0.15) is 0 Å². The third-order valence-electron chi connectivity index (χ3n) is 2.57. The average molecular weight is 343 g/mol. The topological polar surface area (TPSA) is 55.1 Å². The van der Waals surface area contributed by atoms with E-state index in [0.717, 1.165) is 5.75 Å². The zero-order chi connectivity index (χ0) is 15.2. The minimum absolute atomic E-state index is 0. The van der Waals surface area contributed by atoms with Crippen molar-refractivity contribution in [1.29, 1.82) is 0 Å². The van der Waals surface area contributed by atoms with E-state index in [1.807, 2.05) is 6.26 Å². The first-order valence-corrected chi connectivity index (χ1v) is 7.42. The molecule has 0 aliphatic rings. The fourth-order valence-electron chi connectivity index (χ4n) is 1.60. The molecule has 8 heteroatoms. The highest BCUT2D eigenvalue weighted by Gasteiger charge is 2.27. The second kappa shape index (κ2) is 9.17. The summed E-state index contributed by atoms with van der Waals surface area (Å²) in [5, 5.41) is 2.54. The summed E-state index contributed by atoms with van der Waals surface area (Å²) in [6.07, 6.45) is -2.85. The van der Waals surface area contributed by atoms with Crippen LogP contribution in [0.5, 0.6) is 0 Å². The summed E-state index contributed by atoms with van der Waals surface area (Å²) in [5.74, 6) is 0.367. The van der Waals surface area contributed by atoms with Crippen LogP contribution in [0.2, 0.25) is 0 Å². The SMILES string of the molecule is CSCC[C@H](N)C(=O)Nc1cccc(CC(F)(F)F)c1.Cl. The molecule has 1 aromatic carbocycles. The van der Waals surface area contributed by atoms with Crippen LogP contribution in [-0.4, -0.2) is 30.1 Å². The Morgan fingerprint density at radius 3 is 2.67 bits per heavy atom. The molecule has 1 amide bonds. The van der Waals surface area contributed by atoms with Crippen molar-refractivity contribution < 1.29 is 18.0 Å². The lowest BCUT2D eigenvalue weighted by atomic mass is 10.1. The maximum absolute atomic E-state index is 12.3. The van der Waals surface area contributed by atoms with E-state index in [4.69, 9.17) is 5.73 Å². The van der Waals surface area contributed by atoms with Gasteiger partial charge in [-0.1, -0.05) is 12.1 Å². The Balaban J connectivity index is 0.00000400. The van der Waals surface area contributed by atoms with Gasteiger partial charge in [0, 0.05) is 5.69 Å². The second-order valence-electron chi connectivity index (χ2n) is 4.37. The smallest absolute Gasteiger partial charge is 0.325 e. The van der Waals surface area contributed by atoms with Crippen LogP contribution in [0, 0.1) is 0 Å². The van der Waals surface area contributed by atoms with Gasteiger partial charge in [-0.25, -0.2) is 0 Å². The summed E-state index contributed by atoms with van der Waals surface area (Å²) in [5.41, 5.74) is 6.12. The highest BCUT2D eigenvalue weighted by Crippen LogP contribution is 2.22. The third kappa shape index (κ3) is 8.18. The Morgan fingerprint density at radius 2 is 2.10 bits per heavy atom. The lowest BCUT2D eigenvalue weighted by Crippen LogP contribution is -2.36. The second-order valence-corrected chi connectivity index (χ2v) is 5.36. The first-order valence-electron chi connectivity index (χ1n) is 6.03. The number of nitrogens with one attached hydrogen (secondary N) is 1. The van der Waals surface area contributed by atoms with E-state index in [9.17, 15) is 18.0 Å². The summed E-state index contributed by atoms with van der Waals surface area (Å²) in [6.45, 7) is 0. The van der Waals surface area contributed by atoms with Gasteiger partial charge in [0.25, 0.3) is 0 Å². The summed E-state index contributed by atoms with van der Waals surface area (Å²) >= 11 is 1.58. The first kappa shape index (κ1) is 20.1. The first-order chi connectivity index (χ1) is 9.31. The van der Waals surface area contributed by atoms with Crippen LogP contribution < -0.4 is 11.1 Å². The van der Waals surface area contributed by atoms with Gasteiger partial charge in [-0.2, -0.15) is 24.9 Å². The van der Waals surface area contributed by atoms with Crippen molar-refractivity contribution in [3.05, 3.63) is 29.8 Å². The maximum Gasteiger partial charge on any atom is 0.393 e. The molecule has 21 heavy (non-hydrogen) atoms. The molecular weight excluding hydrogens is 325 g/mol. The predicted octanol–water partition coefficient (Wildman–Crippen LogP) is 3.23. The number of thioether (sulfide) groups is 1. The molecule has 0 spiro atoms. The van der Waals surface area contributed by atoms with Crippen molar-refractivity contribution in [3.63, 3.8) is 0 Å². The lowest BCUT2D eigenvalue weighted by Gasteiger charge is -2.13. The molecule has 0 aliphatic carbocycles. The van der Waals surface area contributed by atoms with Crippen LogP contribution in [0.4, 0.5) is 18.9 Å². The molecule has 0 saturated heterocycles. The molecule has 0 bridgehead atoms. The molecule has 3 N–H and O–H groups in total. The average Bonchev–Trinajstić information content (AvgIpc) is 2.34. The highest BCUT2D eigenvalue weighted by molar-refractivity contribution is 7.98. The van der Waals surface area contributed by atoms with Crippen LogP contribution in [0.15, 0.2) is 24.3 Å². The molecule has 0 unspecified atom stereocenters. The summed E-state index contributed by atoms with van der Waals surface area (Å²) in [4.78, 5) is 11.7. The number of halogens is 4. The summed E-state index contributed by atoms with van der Waals surface area (Å²) in [6, 6.07) is 5.04. The van der Waals surface area contributed by atoms with Crippen molar-refractivity contribution in [1.82, 2.24) is 0 Å². The fourth-order valence-corrected chi connectivity index (χ4v) is 2.09. The number of benzene rings is 1. The van der Waals surface area contributed by atoms with Crippen LogP contribution in [0.3, 0.4) is 0 Å². The van der Waals surface area contributed by atoms with Crippen molar-refractivity contribution in [3.8, 4) is 0 Å². The number of rotatable bonds is 6. The molecule has 0 fully saturated rings. The molecule has 0 heterocycles. The number of carbonyl (C=O) groups is 1. The van der Waals surface area contributed by atoms with E-state index in [2.05, 4.69) is 5.32 Å². The number of amides is 1. The van der Waals surface area contributed by atoms with Gasteiger partial charge in [0.05, 0.1) is 12.5 Å². The molecule has 120 valence electrons. The van der Waals surface area contributed by atoms with E-state index in [1.165, 1.54) is 18.2 Å². The van der Waals surface area contributed by atoms with E-state index >= 15 is 0 Å². The van der Waals surface area contributed by atoms with Crippen LogP contribution in [0.25, 0.3) is 0 Å². The molecule has 3 nitrogen and oxygen atoms in total. The number of alkyl halides is 3. The van der Waals surface area contributed by atoms with Gasteiger partial charge >= 0.3 is 6.18 Å². The maximum atomic E-state index is 12.3. The van der Waals surface area contributed by atoms with E-state index in [-0.39, 0.29) is 23.9 Å². The molecule has 1 atom stereocenters. The molecule has 0 aromatic heterocycles. The Morgan fingerprint density at radius 1 is 1.43 bits per heavy atom. The number of hydrogen-bond acceptors (Lipinski definition) is 3. The Kier molecular flexibility index (Phi) is 8.77. The molecule has 0 saturated carbocycles. The standard InChI is InChI=1S/C13H17F3N2OS.ClH/c1-20-6-5-11(17)12(19)18-10-4-2-3-9(7-10)8-13(14,15)16;/h2-4,7,11H,5-6,8,17H2,1H3,(H,18,19);1H/t11-;/m0./s1. The minimum atomic E-state index is -4.27. The van der Waals surface area contributed by atoms with Crippen molar-refractivity contribution >= 4 is 35.8 Å². The fraction of sp³-hybridized carbons (Fsp3) is 0.462. The highest BCUT2D eigenvalue weighted by atomic mass is 35.5. The van der Waals surface area contributed by atoms with Crippen LogP contribution >= 0.6 is 24.2 Å². The molecule has 0 radical (unpaired) electrons. The summed E-state index contributed by atoms with van der Waals surface area (Å²) < 4.78 is 36.9. The zero-order valence-electron chi connectivity index (χ0n) is 11.4. The number of nitrogens with two attached hydrogens (primary N) is 1. The van der Waals surface area contributed by atoms with Gasteiger partial charge in [-0.05, 0) is 36.1 Å². The summed E-state index contributed by atoms with van der Waals surface area (Å²) in [7, 11) is 0. The van der Waals surface area contributed by atoms with Crippen molar-refractivity contribution in [2.45, 2.75) is 25.1 Å². The van der Waals surface area contributed by atoms with Gasteiger partial charge < -0.3 is 11.1 Å². The van der Waals surface area contributed by atoms with Crippen LogP contribution in [-0.2, 0) is 11.2 Å². The van der Waals surface area contributed by atoms with Gasteiger partial charge in [-0.3, -0.25) is 4.79 Å². The Labute approximate surface area is 132 Å². The molecule has 0 aliphatic heterocycles. The normalized spacial score (nSPS) is 12.4. The van der Waals surface area contributed by atoms with Crippen LogP contribution in [0.1, 0.15) is 12.0 Å². The Bertz CT molecular complexity index is 457. The molecule has 1 rings (SSSR count). The van der Waals surface area contributed by atoms with Gasteiger partial charge in [0.15, 0.2) is 0 Å². The van der Waals surface area contributed by atoms with E-state index in [1.54, 1.807) is 17.8 Å². The quantitative estimate of drug-likeness (QED) is 0.834. The Hall–Kier alpha value is -0.920. The van der Waals surface area contributed by atoms with E-state index < -0.39 is 18.6 Å². The van der Waals surface area contributed by atoms with Crippen molar-refractivity contribution in [2.24, 2.45) is 5.73 Å².